The van der Waals surface area contributed by atoms with Gasteiger partial charge in [0.2, 0.25) is 6.10 Å². The highest BCUT2D eigenvalue weighted by Gasteiger charge is 2.31. The molecule has 0 saturated heterocycles. The molecule has 0 bridgehead atoms. The topological polar surface area (TPSA) is 55.4 Å². The molecule has 0 radical (unpaired) electrons. The summed E-state index contributed by atoms with van der Waals surface area (Å²) in [6, 6.07) is 22.5. The molecule has 0 spiro atoms. The van der Waals surface area contributed by atoms with Crippen molar-refractivity contribution in [3.63, 3.8) is 0 Å². The summed E-state index contributed by atoms with van der Waals surface area (Å²) in [7, 11) is 0. The maximum atomic E-state index is 12.7. The zero-order chi connectivity index (χ0) is 17.9. The van der Waals surface area contributed by atoms with E-state index in [2.05, 4.69) is 5.32 Å². The Morgan fingerprint density at radius 2 is 1.58 bits per heavy atom. The molecule has 3 aromatic rings. The Bertz CT molecular complexity index is 948. The Kier molecular flexibility index (Phi) is 4.40. The summed E-state index contributed by atoms with van der Waals surface area (Å²) in [4.78, 5) is 25.3. The summed E-state index contributed by atoms with van der Waals surface area (Å²) in [5.41, 5.74) is 1.10. The third-order valence-electron chi connectivity index (χ3n) is 4.47. The monoisotopic (exact) mass is 345 g/mol. The average Bonchev–Trinajstić information content (AvgIpc) is 3.50. The van der Waals surface area contributed by atoms with Crippen LogP contribution in [-0.2, 0) is 9.53 Å². The lowest BCUT2D eigenvalue weighted by molar-refractivity contribution is -0.130. The van der Waals surface area contributed by atoms with Crippen LogP contribution in [-0.4, -0.2) is 17.9 Å². The van der Waals surface area contributed by atoms with Gasteiger partial charge in [0.15, 0.2) is 0 Å². The Balaban J connectivity index is 1.59. The first-order valence-corrected chi connectivity index (χ1v) is 8.76. The van der Waals surface area contributed by atoms with E-state index in [1.54, 1.807) is 24.3 Å². The van der Waals surface area contributed by atoms with Crippen LogP contribution in [0.2, 0.25) is 0 Å². The van der Waals surface area contributed by atoms with Crippen molar-refractivity contribution in [2.45, 2.75) is 25.0 Å². The van der Waals surface area contributed by atoms with Crippen molar-refractivity contribution in [2.24, 2.45) is 0 Å². The maximum absolute atomic E-state index is 12.7. The first-order chi connectivity index (χ1) is 12.7. The molecular formula is C22H19NO3. The first-order valence-electron chi connectivity index (χ1n) is 8.76. The predicted molar refractivity (Wildman–Crippen MR) is 99.7 cm³/mol. The van der Waals surface area contributed by atoms with Crippen LogP contribution >= 0.6 is 0 Å². The van der Waals surface area contributed by atoms with Gasteiger partial charge >= 0.3 is 5.97 Å². The number of ether oxygens (including phenoxy) is 1. The van der Waals surface area contributed by atoms with E-state index < -0.39 is 12.1 Å². The number of amides is 1. The van der Waals surface area contributed by atoms with E-state index in [0.29, 0.717) is 11.1 Å². The number of carbonyl (C=O) groups excluding carboxylic acids is 2. The number of benzene rings is 3. The Morgan fingerprint density at radius 3 is 2.31 bits per heavy atom. The Hall–Kier alpha value is -3.14. The second-order valence-corrected chi connectivity index (χ2v) is 6.54. The van der Waals surface area contributed by atoms with Gasteiger partial charge < -0.3 is 10.1 Å². The second-order valence-electron chi connectivity index (χ2n) is 6.54. The quantitative estimate of drug-likeness (QED) is 0.711. The molecule has 1 saturated carbocycles. The van der Waals surface area contributed by atoms with E-state index in [1.807, 2.05) is 48.5 Å². The molecule has 1 amide bonds. The second kappa shape index (κ2) is 7.00. The lowest BCUT2D eigenvalue weighted by Crippen LogP contribution is -2.33. The maximum Gasteiger partial charge on any atom is 0.339 e. The van der Waals surface area contributed by atoms with Gasteiger partial charge in [0, 0.05) is 11.6 Å². The molecule has 0 heterocycles. The van der Waals surface area contributed by atoms with Crippen LogP contribution in [0.15, 0.2) is 72.8 Å². The summed E-state index contributed by atoms with van der Waals surface area (Å²) in [5, 5.41) is 4.93. The fraction of sp³-hybridized carbons (Fsp3) is 0.182. The van der Waals surface area contributed by atoms with Crippen LogP contribution in [0, 0.1) is 0 Å². The standard InChI is InChI=1S/C22H19NO3/c24-21(23-19-12-13-19)20(16-7-2-1-3-8-16)26-22(25)18-11-10-15-6-4-5-9-17(15)14-18/h1-11,14,19-20H,12-13H2,(H,23,24). The predicted octanol–water partition coefficient (Wildman–Crippen LogP) is 4.02. The normalized spacial score (nSPS) is 14.6. The Morgan fingerprint density at radius 1 is 0.885 bits per heavy atom. The molecule has 4 rings (SSSR count). The molecule has 1 aliphatic carbocycles. The molecule has 0 aliphatic heterocycles. The molecular weight excluding hydrogens is 326 g/mol. The van der Waals surface area contributed by atoms with E-state index in [1.165, 1.54) is 0 Å². The van der Waals surface area contributed by atoms with Gasteiger partial charge in [-0.1, -0.05) is 60.7 Å². The van der Waals surface area contributed by atoms with E-state index in [0.717, 1.165) is 23.6 Å². The van der Waals surface area contributed by atoms with E-state index >= 15 is 0 Å². The van der Waals surface area contributed by atoms with Crippen LogP contribution in [0.25, 0.3) is 10.8 Å². The highest BCUT2D eigenvalue weighted by molar-refractivity contribution is 5.97. The van der Waals surface area contributed by atoms with Crippen LogP contribution in [0.3, 0.4) is 0 Å². The first kappa shape index (κ1) is 16.3. The van der Waals surface area contributed by atoms with Crippen molar-refractivity contribution in [1.82, 2.24) is 5.32 Å². The minimum absolute atomic E-state index is 0.202. The molecule has 1 fully saturated rings. The van der Waals surface area contributed by atoms with Gasteiger partial charge in [-0.25, -0.2) is 4.79 Å². The van der Waals surface area contributed by atoms with Crippen molar-refractivity contribution in [2.75, 3.05) is 0 Å². The van der Waals surface area contributed by atoms with Crippen molar-refractivity contribution in [3.05, 3.63) is 83.9 Å². The number of carbonyl (C=O) groups is 2. The van der Waals surface area contributed by atoms with E-state index in [4.69, 9.17) is 4.74 Å². The molecule has 3 aromatic carbocycles. The van der Waals surface area contributed by atoms with Gasteiger partial charge in [0.25, 0.3) is 5.91 Å². The molecule has 4 heteroatoms. The van der Waals surface area contributed by atoms with Crippen molar-refractivity contribution in [3.8, 4) is 0 Å². The van der Waals surface area contributed by atoms with Crippen molar-refractivity contribution < 1.29 is 14.3 Å². The summed E-state index contributed by atoms with van der Waals surface area (Å²) < 4.78 is 5.61. The molecule has 0 aromatic heterocycles. The van der Waals surface area contributed by atoms with Crippen molar-refractivity contribution >= 4 is 22.6 Å². The van der Waals surface area contributed by atoms with E-state index in [9.17, 15) is 9.59 Å². The van der Waals surface area contributed by atoms with Gasteiger partial charge in [-0.15, -0.1) is 0 Å². The SMILES string of the molecule is O=C(OC(C(=O)NC1CC1)c1ccccc1)c1ccc2ccccc2c1. The zero-order valence-corrected chi connectivity index (χ0v) is 14.2. The van der Waals surface area contributed by atoms with Crippen molar-refractivity contribution in [1.29, 1.82) is 0 Å². The van der Waals surface area contributed by atoms with Crippen LogP contribution in [0.5, 0.6) is 0 Å². The van der Waals surface area contributed by atoms with Gasteiger partial charge in [-0.2, -0.15) is 0 Å². The molecule has 1 N–H and O–H groups in total. The largest absolute Gasteiger partial charge is 0.444 e. The summed E-state index contributed by atoms with van der Waals surface area (Å²) >= 11 is 0. The fourth-order valence-corrected chi connectivity index (χ4v) is 2.90. The molecule has 26 heavy (non-hydrogen) atoms. The molecule has 4 nitrogen and oxygen atoms in total. The highest BCUT2D eigenvalue weighted by Crippen LogP contribution is 2.25. The van der Waals surface area contributed by atoms with Gasteiger partial charge in [0.05, 0.1) is 5.56 Å². The summed E-state index contributed by atoms with van der Waals surface area (Å²) in [6.07, 6.45) is 1.01. The van der Waals surface area contributed by atoms with E-state index in [-0.39, 0.29) is 11.9 Å². The number of hydrogen-bond acceptors (Lipinski definition) is 3. The summed E-state index contributed by atoms with van der Waals surface area (Å²) in [6.45, 7) is 0. The van der Waals surface area contributed by atoms with Gasteiger partial charge in [-0.3, -0.25) is 4.79 Å². The molecule has 130 valence electrons. The fourth-order valence-electron chi connectivity index (χ4n) is 2.90. The number of hydrogen-bond donors (Lipinski definition) is 1. The van der Waals surface area contributed by atoms with Crippen LogP contribution < -0.4 is 5.32 Å². The lowest BCUT2D eigenvalue weighted by atomic mass is 10.1. The third kappa shape index (κ3) is 3.59. The highest BCUT2D eigenvalue weighted by atomic mass is 16.5. The number of rotatable bonds is 5. The molecule has 1 unspecified atom stereocenters. The minimum atomic E-state index is -0.948. The number of nitrogens with one attached hydrogen (secondary N) is 1. The smallest absolute Gasteiger partial charge is 0.339 e. The average molecular weight is 345 g/mol. The molecule has 1 aliphatic rings. The third-order valence-corrected chi connectivity index (χ3v) is 4.47. The summed E-state index contributed by atoms with van der Waals surface area (Å²) in [5.74, 6) is -0.775. The van der Waals surface area contributed by atoms with Gasteiger partial charge in [0.1, 0.15) is 0 Å². The minimum Gasteiger partial charge on any atom is -0.444 e. The molecule has 1 atom stereocenters. The lowest BCUT2D eigenvalue weighted by Gasteiger charge is -2.18. The van der Waals surface area contributed by atoms with Crippen LogP contribution in [0.4, 0.5) is 0 Å². The van der Waals surface area contributed by atoms with Gasteiger partial charge in [-0.05, 0) is 35.7 Å². The number of esters is 1. The van der Waals surface area contributed by atoms with Crippen LogP contribution in [0.1, 0.15) is 34.9 Å². The zero-order valence-electron chi connectivity index (χ0n) is 14.2. The Labute approximate surface area is 151 Å². The number of fused-ring (bicyclic) bond motifs is 1.